The molecular formula is C57H77NO3. The summed E-state index contributed by atoms with van der Waals surface area (Å²) < 4.78 is 0. The van der Waals surface area contributed by atoms with Crippen LogP contribution in [0.3, 0.4) is 0 Å². The molecule has 0 aliphatic carbocycles. The van der Waals surface area contributed by atoms with Gasteiger partial charge in [-0.15, -0.1) is 0 Å². The summed E-state index contributed by atoms with van der Waals surface area (Å²) in [6.07, 6.45) is 0. The maximum absolute atomic E-state index is 11.6. The third-order valence-corrected chi connectivity index (χ3v) is 12.0. The number of nitrogens with zero attached hydrogens (tertiary/aromatic N) is 1. The molecule has 328 valence electrons. The minimum atomic E-state index is -0.224. The van der Waals surface area contributed by atoms with Gasteiger partial charge in [0.25, 0.3) is 0 Å². The smallest absolute Gasteiger partial charge is 0.123 e. The van der Waals surface area contributed by atoms with Crippen LogP contribution in [-0.4, -0.2) is 20.2 Å². The van der Waals surface area contributed by atoms with Gasteiger partial charge in [0.2, 0.25) is 0 Å². The minimum absolute atomic E-state index is 0.207. The fraction of sp³-hybridized carbons (Fsp3) is 0.474. The molecule has 3 N–H and O–H groups in total. The van der Waals surface area contributed by atoms with Crippen molar-refractivity contribution in [3.8, 4) is 39.5 Å². The lowest BCUT2D eigenvalue weighted by Gasteiger charge is -2.30. The summed E-state index contributed by atoms with van der Waals surface area (Å²) in [5.41, 5.74) is 12.6. The Labute approximate surface area is 370 Å². The highest BCUT2D eigenvalue weighted by Crippen LogP contribution is 2.44. The highest BCUT2D eigenvalue weighted by atomic mass is 16.3. The molecule has 5 aromatic rings. The Morgan fingerprint density at radius 1 is 0.295 bits per heavy atom. The monoisotopic (exact) mass is 824 g/mol. The molecule has 0 amide bonds. The first-order valence-electron chi connectivity index (χ1n) is 22.3. The molecule has 0 unspecified atom stereocenters. The Balaban J connectivity index is 1.55. The maximum Gasteiger partial charge on any atom is 0.123 e. The Morgan fingerprint density at radius 3 is 0.738 bits per heavy atom. The van der Waals surface area contributed by atoms with Crippen molar-refractivity contribution in [3.63, 3.8) is 0 Å². The average Bonchev–Trinajstić information content (AvgIpc) is 3.10. The molecule has 5 rings (SSSR count). The molecule has 4 nitrogen and oxygen atoms in total. The van der Waals surface area contributed by atoms with E-state index in [1.54, 1.807) is 0 Å². The van der Waals surface area contributed by atoms with Crippen molar-refractivity contribution in [2.45, 2.75) is 177 Å². The molecule has 0 saturated heterocycles. The van der Waals surface area contributed by atoms with Crippen LogP contribution in [0.25, 0.3) is 22.3 Å². The van der Waals surface area contributed by atoms with Crippen LogP contribution in [0, 0.1) is 0 Å². The SMILES string of the molecule is CC(C)(C)c1cc(CN(Cc2ccc(-c3cc(C(C)(C)C)c(O)c(C(C)(C)C)c3)cc2)Cc2ccc(-c3cc(C(C)(C)C)c(O)c(C(C)(C)C)c3)cc2)cc(C(C)(C)C)c1O. The van der Waals surface area contributed by atoms with Crippen LogP contribution in [0.1, 0.15) is 175 Å². The highest BCUT2D eigenvalue weighted by molar-refractivity contribution is 5.70. The first-order valence-corrected chi connectivity index (χ1v) is 22.3. The second-order valence-electron chi connectivity index (χ2n) is 23.9. The summed E-state index contributed by atoms with van der Waals surface area (Å²) in [6.45, 7) is 41.1. The molecule has 0 heterocycles. The van der Waals surface area contributed by atoms with Gasteiger partial charge in [-0.25, -0.2) is 0 Å². The summed E-state index contributed by atoms with van der Waals surface area (Å²) in [4.78, 5) is 2.50. The first kappa shape index (κ1) is 47.5. The average molecular weight is 824 g/mol. The molecule has 0 aliphatic rings. The number of aromatic hydroxyl groups is 3. The molecule has 5 aromatic carbocycles. The normalized spacial score (nSPS) is 13.3. The topological polar surface area (TPSA) is 63.9 Å². The molecule has 61 heavy (non-hydrogen) atoms. The van der Waals surface area contributed by atoms with Gasteiger partial charge in [-0.2, -0.15) is 0 Å². The van der Waals surface area contributed by atoms with Crippen LogP contribution in [0.5, 0.6) is 17.2 Å². The Hall–Kier alpha value is -4.54. The fourth-order valence-corrected chi connectivity index (χ4v) is 8.37. The number of phenolic OH excluding ortho intramolecular Hbond substituents is 3. The number of benzene rings is 5. The summed E-state index contributed by atoms with van der Waals surface area (Å²) in [7, 11) is 0. The van der Waals surface area contributed by atoms with Crippen LogP contribution in [0.4, 0.5) is 0 Å². The molecule has 4 heteroatoms. The van der Waals surface area contributed by atoms with Crippen LogP contribution >= 0.6 is 0 Å². The van der Waals surface area contributed by atoms with E-state index in [4.69, 9.17) is 0 Å². The van der Waals surface area contributed by atoms with E-state index in [1.165, 1.54) is 16.7 Å². The fourth-order valence-electron chi connectivity index (χ4n) is 8.37. The number of phenols is 3. The van der Waals surface area contributed by atoms with Gasteiger partial charge in [-0.05, 0) is 107 Å². The Morgan fingerprint density at radius 2 is 0.508 bits per heavy atom. The Kier molecular flexibility index (Phi) is 13.0. The van der Waals surface area contributed by atoms with E-state index in [2.05, 4.69) is 214 Å². The lowest BCUT2D eigenvalue weighted by atomic mass is 9.77. The third-order valence-electron chi connectivity index (χ3n) is 12.0. The van der Waals surface area contributed by atoms with Crippen molar-refractivity contribution in [2.75, 3.05) is 0 Å². The van der Waals surface area contributed by atoms with Crippen LogP contribution in [0.2, 0.25) is 0 Å². The van der Waals surface area contributed by atoms with Gasteiger partial charge in [0.15, 0.2) is 0 Å². The summed E-state index contributed by atoms with van der Waals surface area (Å²) >= 11 is 0. The van der Waals surface area contributed by atoms with Crippen LogP contribution in [0.15, 0.2) is 84.9 Å². The second-order valence-corrected chi connectivity index (χ2v) is 23.9. The standard InChI is InChI=1S/C57H77NO3/c1-52(2,3)43-27-38(28-44(49(43)59)53(4,5)6)35-58(33-36-19-23-39(24-20-36)41-29-45(54(7,8)9)50(60)46(30-41)55(10,11)12)34-37-21-25-40(26-22-37)42-31-47(56(13,14)15)51(61)48(32-42)57(16,17)18/h19-32,59-61H,33-35H2,1-18H3. The minimum Gasteiger partial charge on any atom is -0.507 e. The predicted octanol–water partition coefficient (Wildman–Crippen LogP) is 15.1. The van der Waals surface area contributed by atoms with Crippen LogP contribution < -0.4 is 0 Å². The molecule has 0 spiro atoms. The molecule has 0 radical (unpaired) electrons. The molecular weight excluding hydrogens is 747 g/mol. The van der Waals surface area contributed by atoms with E-state index in [-0.39, 0.29) is 32.5 Å². The number of rotatable bonds is 8. The summed E-state index contributed by atoms with van der Waals surface area (Å²) in [6, 6.07) is 30.9. The van der Waals surface area contributed by atoms with Crippen LogP contribution in [-0.2, 0) is 52.1 Å². The van der Waals surface area contributed by atoms with Crippen molar-refractivity contribution >= 4 is 0 Å². The zero-order valence-corrected chi connectivity index (χ0v) is 41.0. The van der Waals surface area contributed by atoms with E-state index < -0.39 is 0 Å². The zero-order valence-electron chi connectivity index (χ0n) is 41.0. The van der Waals surface area contributed by atoms with E-state index in [0.717, 1.165) is 68.7 Å². The maximum atomic E-state index is 11.6. The van der Waals surface area contributed by atoms with Gasteiger partial charge in [0.05, 0.1) is 0 Å². The number of hydrogen-bond acceptors (Lipinski definition) is 4. The molecule has 0 aliphatic heterocycles. The van der Waals surface area contributed by atoms with Gasteiger partial charge >= 0.3 is 0 Å². The second kappa shape index (κ2) is 16.6. The van der Waals surface area contributed by atoms with E-state index >= 15 is 0 Å². The van der Waals surface area contributed by atoms with Gasteiger partial charge in [-0.3, -0.25) is 4.90 Å². The number of hydrogen-bond donors (Lipinski definition) is 3. The van der Waals surface area contributed by atoms with Gasteiger partial charge in [0, 0.05) is 41.9 Å². The lowest BCUT2D eigenvalue weighted by molar-refractivity contribution is 0.247. The van der Waals surface area contributed by atoms with Crippen molar-refractivity contribution in [3.05, 3.63) is 135 Å². The lowest BCUT2D eigenvalue weighted by Crippen LogP contribution is -2.24. The predicted molar refractivity (Wildman–Crippen MR) is 260 cm³/mol. The highest BCUT2D eigenvalue weighted by Gasteiger charge is 2.30. The van der Waals surface area contributed by atoms with E-state index in [0.29, 0.717) is 23.8 Å². The first-order chi connectivity index (χ1) is 27.7. The van der Waals surface area contributed by atoms with Gasteiger partial charge < -0.3 is 15.3 Å². The van der Waals surface area contributed by atoms with Crippen molar-refractivity contribution < 1.29 is 15.3 Å². The molecule has 0 bridgehead atoms. The van der Waals surface area contributed by atoms with Crippen molar-refractivity contribution in [1.82, 2.24) is 4.90 Å². The quantitative estimate of drug-likeness (QED) is 0.146. The van der Waals surface area contributed by atoms with Crippen molar-refractivity contribution in [2.24, 2.45) is 0 Å². The largest absolute Gasteiger partial charge is 0.507 e. The molecule has 0 aromatic heterocycles. The van der Waals surface area contributed by atoms with Gasteiger partial charge in [-0.1, -0.05) is 185 Å². The zero-order chi connectivity index (χ0) is 45.8. The molecule has 0 fully saturated rings. The van der Waals surface area contributed by atoms with Crippen molar-refractivity contribution in [1.29, 1.82) is 0 Å². The molecule has 0 atom stereocenters. The van der Waals surface area contributed by atoms with Gasteiger partial charge in [0.1, 0.15) is 17.2 Å². The summed E-state index contributed by atoms with van der Waals surface area (Å²) in [5.74, 6) is 1.20. The van der Waals surface area contributed by atoms with E-state index in [1.807, 2.05) is 0 Å². The third kappa shape index (κ3) is 11.1. The molecule has 0 saturated carbocycles. The van der Waals surface area contributed by atoms with E-state index in [9.17, 15) is 15.3 Å². The summed E-state index contributed by atoms with van der Waals surface area (Å²) in [5, 5.41) is 34.3. The Bertz CT molecular complexity index is 2110.